The fraction of sp³-hybridized carbons (Fsp3) is 0.400. The first kappa shape index (κ1) is 14.3. The van der Waals surface area contributed by atoms with Crippen LogP contribution in [0.2, 0.25) is 0 Å². The van der Waals surface area contributed by atoms with E-state index in [9.17, 15) is 0 Å². The Morgan fingerprint density at radius 1 is 0.952 bits per heavy atom. The zero-order valence-corrected chi connectivity index (χ0v) is 13.2. The molecule has 2 aromatic rings. The topological polar surface area (TPSA) is 26.0 Å². The average molecular weight is 279 g/mol. The highest BCUT2D eigenvalue weighted by Crippen LogP contribution is 2.53. The van der Waals surface area contributed by atoms with E-state index in [1.165, 1.54) is 23.1 Å². The van der Waals surface area contributed by atoms with Crippen LogP contribution in [0.25, 0.3) is 0 Å². The average Bonchev–Trinajstić information content (AvgIpc) is 3.27. The molecule has 0 bridgehead atoms. The number of nitrogens with two attached hydrogens (primary N) is 1. The van der Waals surface area contributed by atoms with Gasteiger partial charge in [0.15, 0.2) is 0 Å². The second kappa shape index (κ2) is 5.31. The van der Waals surface area contributed by atoms with Crippen molar-refractivity contribution in [3.8, 4) is 0 Å². The Labute approximate surface area is 128 Å². The zero-order valence-electron chi connectivity index (χ0n) is 13.2. The molecule has 0 aliphatic heterocycles. The third kappa shape index (κ3) is 2.89. The van der Waals surface area contributed by atoms with E-state index < -0.39 is 0 Å². The first-order chi connectivity index (χ1) is 9.98. The van der Waals surface area contributed by atoms with Crippen molar-refractivity contribution < 1.29 is 0 Å². The highest BCUT2D eigenvalue weighted by atomic mass is 14.7. The molecule has 0 saturated heterocycles. The molecule has 0 aromatic heterocycles. The van der Waals surface area contributed by atoms with Crippen LogP contribution in [-0.2, 0) is 5.41 Å². The lowest BCUT2D eigenvalue weighted by atomic mass is 9.81. The normalized spacial score (nSPS) is 22.9. The molecule has 3 unspecified atom stereocenters. The van der Waals surface area contributed by atoms with Gasteiger partial charge in [-0.2, -0.15) is 0 Å². The van der Waals surface area contributed by atoms with Gasteiger partial charge in [-0.15, -0.1) is 0 Å². The molecule has 110 valence electrons. The lowest BCUT2D eigenvalue weighted by Crippen LogP contribution is -2.21. The summed E-state index contributed by atoms with van der Waals surface area (Å²) in [5.41, 5.74) is 10.9. The van der Waals surface area contributed by atoms with E-state index >= 15 is 0 Å². The second-order valence-electron chi connectivity index (χ2n) is 7.28. The molecule has 1 saturated carbocycles. The number of benzene rings is 2. The lowest BCUT2D eigenvalue weighted by Gasteiger charge is -2.26. The van der Waals surface area contributed by atoms with Gasteiger partial charge in [0, 0.05) is 6.04 Å². The van der Waals surface area contributed by atoms with Crippen molar-refractivity contribution in [3.63, 3.8) is 0 Å². The molecule has 3 rings (SSSR count). The van der Waals surface area contributed by atoms with Gasteiger partial charge in [-0.3, -0.25) is 0 Å². The van der Waals surface area contributed by atoms with Crippen LogP contribution in [0.3, 0.4) is 0 Å². The molecule has 1 heteroatoms. The van der Waals surface area contributed by atoms with Crippen molar-refractivity contribution in [2.75, 3.05) is 0 Å². The molecule has 21 heavy (non-hydrogen) atoms. The predicted octanol–water partition coefficient (Wildman–Crippen LogP) is 4.79. The van der Waals surface area contributed by atoms with E-state index in [-0.39, 0.29) is 11.5 Å². The molecule has 0 amide bonds. The monoisotopic (exact) mass is 279 g/mol. The Bertz CT molecular complexity index is 609. The summed E-state index contributed by atoms with van der Waals surface area (Å²) in [6.45, 7) is 6.79. The van der Waals surface area contributed by atoms with E-state index in [0.717, 1.165) is 0 Å². The standard InChI is InChI=1S/C20H25N/c1-20(2,3)18-12-8-7-11-15(18)19(21)17-13-16(17)14-9-5-4-6-10-14/h4-12,16-17,19H,13,21H2,1-3H3. The molecule has 1 fully saturated rings. The van der Waals surface area contributed by atoms with Crippen LogP contribution in [-0.4, -0.2) is 0 Å². The van der Waals surface area contributed by atoms with E-state index in [1.807, 2.05) is 0 Å². The smallest absolute Gasteiger partial charge is 0.0332 e. The van der Waals surface area contributed by atoms with Crippen LogP contribution in [0, 0.1) is 5.92 Å². The van der Waals surface area contributed by atoms with Crippen molar-refractivity contribution >= 4 is 0 Å². The summed E-state index contributed by atoms with van der Waals surface area (Å²) in [6.07, 6.45) is 1.21. The predicted molar refractivity (Wildman–Crippen MR) is 89.4 cm³/mol. The third-order valence-electron chi connectivity index (χ3n) is 4.66. The van der Waals surface area contributed by atoms with Gasteiger partial charge in [0.2, 0.25) is 0 Å². The highest BCUT2D eigenvalue weighted by Gasteiger charge is 2.43. The summed E-state index contributed by atoms with van der Waals surface area (Å²) >= 11 is 0. The maximum absolute atomic E-state index is 6.63. The summed E-state index contributed by atoms with van der Waals surface area (Å²) < 4.78 is 0. The molecule has 2 N–H and O–H groups in total. The van der Waals surface area contributed by atoms with Crippen molar-refractivity contribution in [3.05, 3.63) is 71.3 Å². The number of rotatable bonds is 3. The van der Waals surface area contributed by atoms with E-state index in [0.29, 0.717) is 11.8 Å². The quantitative estimate of drug-likeness (QED) is 0.859. The SMILES string of the molecule is CC(C)(C)c1ccccc1C(N)C1CC1c1ccccc1. The van der Waals surface area contributed by atoms with Gasteiger partial charge in [-0.1, -0.05) is 75.4 Å². The molecule has 1 nitrogen and oxygen atoms in total. The summed E-state index contributed by atoms with van der Waals surface area (Å²) in [5.74, 6) is 1.21. The summed E-state index contributed by atoms with van der Waals surface area (Å²) in [4.78, 5) is 0. The van der Waals surface area contributed by atoms with Gasteiger partial charge in [0.1, 0.15) is 0 Å². The second-order valence-corrected chi connectivity index (χ2v) is 7.28. The molecule has 1 aliphatic rings. The summed E-state index contributed by atoms with van der Waals surface area (Å²) in [7, 11) is 0. The van der Waals surface area contributed by atoms with Crippen LogP contribution < -0.4 is 5.73 Å². The molecule has 3 atom stereocenters. The molecular formula is C20H25N. The van der Waals surface area contributed by atoms with E-state index in [4.69, 9.17) is 5.73 Å². The van der Waals surface area contributed by atoms with Crippen molar-refractivity contribution in [1.29, 1.82) is 0 Å². The molecule has 0 spiro atoms. The minimum atomic E-state index is 0.144. The zero-order chi connectivity index (χ0) is 15.0. The molecule has 0 heterocycles. The number of hydrogen-bond acceptors (Lipinski definition) is 1. The molecule has 1 aliphatic carbocycles. The summed E-state index contributed by atoms with van der Waals surface area (Å²) in [6, 6.07) is 19.6. The Morgan fingerprint density at radius 2 is 1.57 bits per heavy atom. The van der Waals surface area contributed by atoms with Gasteiger partial charge in [0.05, 0.1) is 0 Å². The Kier molecular flexibility index (Phi) is 3.62. The minimum Gasteiger partial charge on any atom is -0.324 e. The Balaban J connectivity index is 1.84. The fourth-order valence-corrected chi connectivity index (χ4v) is 3.40. The lowest BCUT2D eigenvalue weighted by molar-refractivity contribution is 0.549. The van der Waals surface area contributed by atoms with Gasteiger partial charge in [-0.25, -0.2) is 0 Å². The van der Waals surface area contributed by atoms with Crippen molar-refractivity contribution in [2.45, 2.75) is 44.6 Å². The molecule has 0 radical (unpaired) electrons. The number of hydrogen-bond donors (Lipinski definition) is 1. The van der Waals surface area contributed by atoms with Crippen LogP contribution in [0.5, 0.6) is 0 Å². The first-order valence-electron chi connectivity index (χ1n) is 7.88. The van der Waals surface area contributed by atoms with Gasteiger partial charge in [-0.05, 0) is 40.4 Å². The van der Waals surface area contributed by atoms with E-state index in [1.54, 1.807) is 0 Å². The fourth-order valence-electron chi connectivity index (χ4n) is 3.40. The highest BCUT2D eigenvalue weighted by molar-refractivity contribution is 5.38. The Morgan fingerprint density at radius 3 is 2.24 bits per heavy atom. The maximum atomic E-state index is 6.63. The van der Waals surface area contributed by atoms with Gasteiger partial charge >= 0.3 is 0 Å². The van der Waals surface area contributed by atoms with Crippen LogP contribution in [0.15, 0.2) is 54.6 Å². The van der Waals surface area contributed by atoms with Crippen molar-refractivity contribution in [2.24, 2.45) is 11.7 Å². The maximum Gasteiger partial charge on any atom is 0.0332 e. The molecule has 2 aromatic carbocycles. The van der Waals surface area contributed by atoms with Crippen LogP contribution >= 0.6 is 0 Å². The summed E-state index contributed by atoms with van der Waals surface area (Å²) in [5, 5.41) is 0. The third-order valence-corrected chi connectivity index (χ3v) is 4.66. The van der Waals surface area contributed by atoms with Crippen LogP contribution in [0.1, 0.15) is 55.8 Å². The van der Waals surface area contributed by atoms with Crippen LogP contribution in [0.4, 0.5) is 0 Å². The largest absolute Gasteiger partial charge is 0.324 e. The van der Waals surface area contributed by atoms with E-state index in [2.05, 4.69) is 75.4 Å². The Hall–Kier alpha value is -1.60. The van der Waals surface area contributed by atoms with Gasteiger partial charge < -0.3 is 5.73 Å². The molecular weight excluding hydrogens is 254 g/mol. The van der Waals surface area contributed by atoms with Crippen molar-refractivity contribution in [1.82, 2.24) is 0 Å². The minimum absolute atomic E-state index is 0.144. The first-order valence-corrected chi connectivity index (χ1v) is 7.88. The van der Waals surface area contributed by atoms with Gasteiger partial charge in [0.25, 0.3) is 0 Å².